The van der Waals surface area contributed by atoms with E-state index in [0.717, 1.165) is 0 Å². The van der Waals surface area contributed by atoms with Crippen LogP contribution in [0.5, 0.6) is 5.75 Å². The molecule has 0 radical (unpaired) electrons. The number of ether oxygens (including phenoxy) is 1. The zero-order chi connectivity index (χ0) is 13.8. The van der Waals surface area contributed by atoms with E-state index in [2.05, 4.69) is 0 Å². The molecule has 2 rings (SSSR count). The molecule has 2 aromatic rings. The van der Waals surface area contributed by atoms with E-state index in [4.69, 9.17) is 22.1 Å². The van der Waals surface area contributed by atoms with E-state index in [-0.39, 0.29) is 10.8 Å². The number of halogens is 2. The van der Waals surface area contributed by atoms with E-state index < -0.39 is 17.8 Å². The minimum Gasteiger partial charge on any atom is -0.476 e. The van der Waals surface area contributed by atoms with Crippen molar-refractivity contribution in [3.05, 3.63) is 64.9 Å². The minimum atomic E-state index is -0.942. The van der Waals surface area contributed by atoms with Gasteiger partial charge in [-0.3, -0.25) is 4.79 Å². The highest BCUT2D eigenvalue weighted by atomic mass is 35.5. The van der Waals surface area contributed by atoms with Gasteiger partial charge in [-0.15, -0.1) is 0 Å². The van der Waals surface area contributed by atoms with Crippen molar-refractivity contribution in [2.75, 3.05) is 0 Å². The largest absolute Gasteiger partial charge is 0.476 e. The molecule has 0 fully saturated rings. The number of benzene rings is 2. The molecule has 1 atom stereocenters. The quantitative estimate of drug-likeness (QED) is 0.935. The molecular weight excluding hydrogens is 269 g/mol. The maximum atomic E-state index is 13.0. The number of rotatable bonds is 4. The Kier molecular flexibility index (Phi) is 4.02. The molecule has 0 aliphatic carbocycles. The van der Waals surface area contributed by atoms with Crippen LogP contribution in [0.4, 0.5) is 4.39 Å². The van der Waals surface area contributed by atoms with Crippen molar-refractivity contribution in [3.8, 4) is 5.75 Å². The zero-order valence-electron chi connectivity index (χ0n) is 9.85. The van der Waals surface area contributed by atoms with E-state index >= 15 is 0 Å². The lowest BCUT2D eigenvalue weighted by atomic mass is 10.1. The number of nitrogens with two attached hydrogens (primary N) is 1. The minimum absolute atomic E-state index is 0.0752. The summed E-state index contributed by atoms with van der Waals surface area (Å²) in [6.45, 7) is 0. The van der Waals surface area contributed by atoms with Crippen LogP contribution in [0.2, 0.25) is 5.02 Å². The van der Waals surface area contributed by atoms with Crippen molar-refractivity contribution < 1.29 is 13.9 Å². The summed E-state index contributed by atoms with van der Waals surface area (Å²) < 4.78 is 18.5. The standard InChI is InChI=1S/C14H11ClFNO2/c15-11-8-10(6-7-12(11)16)19-13(14(17)18)9-4-2-1-3-5-9/h1-8,13H,(H2,17,18)/t13-/m0/s1. The monoisotopic (exact) mass is 279 g/mol. The lowest BCUT2D eigenvalue weighted by molar-refractivity contribution is -0.125. The molecule has 0 aliphatic rings. The summed E-state index contributed by atoms with van der Waals surface area (Å²) in [6, 6.07) is 12.7. The van der Waals surface area contributed by atoms with Gasteiger partial charge in [0.2, 0.25) is 6.10 Å². The zero-order valence-corrected chi connectivity index (χ0v) is 10.6. The second-order valence-electron chi connectivity index (χ2n) is 3.89. The summed E-state index contributed by atoms with van der Waals surface area (Å²) in [4.78, 5) is 11.4. The van der Waals surface area contributed by atoms with Crippen LogP contribution in [0.3, 0.4) is 0 Å². The third-order valence-electron chi connectivity index (χ3n) is 2.51. The molecule has 0 aliphatic heterocycles. The van der Waals surface area contributed by atoms with Crippen LogP contribution in [0.25, 0.3) is 0 Å². The molecular formula is C14H11ClFNO2. The third kappa shape index (κ3) is 3.23. The van der Waals surface area contributed by atoms with Gasteiger partial charge in [0.1, 0.15) is 11.6 Å². The molecule has 98 valence electrons. The van der Waals surface area contributed by atoms with Crippen LogP contribution in [0.15, 0.2) is 48.5 Å². The van der Waals surface area contributed by atoms with Crippen molar-refractivity contribution in [1.29, 1.82) is 0 Å². The number of primary amides is 1. The second kappa shape index (κ2) is 5.71. The van der Waals surface area contributed by atoms with Crippen molar-refractivity contribution in [2.45, 2.75) is 6.10 Å². The van der Waals surface area contributed by atoms with Gasteiger partial charge < -0.3 is 10.5 Å². The molecule has 0 spiro atoms. The van der Waals surface area contributed by atoms with Crippen molar-refractivity contribution in [2.24, 2.45) is 5.73 Å². The van der Waals surface area contributed by atoms with Gasteiger partial charge in [-0.1, -0.05) is 41.9 Å². The molecule has 0 aromatic heterocycles. The first-order valence-electron chi connectivity index (χ1n) is 5.54. The van der Waals surface area contributed by atoms with Crippen LogP contribution in [-0.2, 0) is 4.79 Å². The molecule has 3 nitrogen and oxygen atoms in total. The average Bonchev–Trinajstić information content (AvgIpc) is 2.40. The number of amides is 1. The summed E-state index contributed by atoms with van der Waals surface area (Å²) in [5, 5.41) is -0.0752. The lowest BCUT2D eigenvalue weighted by Gasteiger charge is -2.16. The normalized spacial score (nSPS) is 11.9. The summed E-state index contributed by atoms with van der Waals surface area (Å²) in [7, 11) is 0. The topological polar surface area (TPSA) is 52.3 Å². The maximum absolute atomic E-state index is 13.0. The van der Waals surface area contributed by atoms with E-state index in [9.17, 15) is 9.18 Å². The lowest BCUT2D eigenvalue weighted by Crippen LogP contribution is -2.26. The van der Waals surface area contributed by atoms with Gasteiger partial charge in [0.25, 0.3) is 5.91 Å². The van der Waals surface area contributed by atoms with Gasteiger partial charge in [0, 0.05) is 11.6 Å². The SMILES string of the molecule is NC(=O)[C@@H](Oc1ccc(F)c(Cl)c1)c1ccccc1. The fourth-order valence-electron chi connectivity index (χ4n) is 1.60. The highest BCUT2D eigenvalue weighted by Gasteiger charge is 2.19. The predicted octanol–water partition coefficient (Wildman–Crippen LogP) is 3.08. The first-order chi connectivity index (χ1) is 9.08. The van der Waals surface area contributed by atoms with E-state index in [1.807, 2.05) is 6.07 Å². The Hall–Kier alpha value is -2.07. The highest BCUT2D eigenvalue weighted by Crippen LogP contribution is 2.26. The van der Waals surface area contributed by atoms with Crippen LogP contribution < -0.4 is 10.5 Å². The molecule has 0 heterocycles. The van der Waals surface area contributed by atoms with Gasteiger partial charge in [-0.05, 0) is 12.1 Å². The van der Waals surface area contributed by atoms with Crippen molar-refractivity contribution in [3.63, 3.8) is 0 Å². The smallest absolute Gasteiger partial charge is 0.263 e. The molecule has 19 heavy (non-hydrogen) atoms. The summed E-state index contributed by atoms with van der Waals surface area (Å²) >= 11 is 5.65. The fraction of sp³-hybridized carbons (Fsp3) is 0.0714. The summed E-state index contributed by atoms with van der Waals surface area (Å²) in [5.74, 6) is -0.907. The Labute approximate surface area is 114 Å². The Balaban J connectivity index is 2.27. The molecule has 0 unspecified atom stereocenters. The van der Waals surface area contributed by atoms with E-state index in [1.54, 1.807) is 24.3 Å². The number of hydrogen-bond acceptors (Lipinski definition) is 2. The van der Waals surface area contributed by atoms with E-state index in [0.29, 0.717) is 5.56 Å². The average molecular weight is 280 g/mol. The van der Waals surface area contributed by atoms with Crippen molar-refractivity contribution in [1.82, 2.24) is 0 Å². The predicted molar refractivity (Wildman–Crippen MR) is 70.4 cm³/mol. The number of carbonyl (C=O) groups excluding carboxylic acids is 1. The summed E-state index contributed by atoms with van der Waals surface area (Å²) in [6.07, 6.45) is -0.942. The Morgan fingerprint density at radius 3 is 2.47 bits per heavy atom. The maximum Gasteiger partial charge on any atom is 0.263 e. The molecule has 0 saturated heterocycles. The van der Waals surface area contributed by atoms with Crippen LogP contribution in [0.1, 0.15) is 11.7 Å². The highest BCUT2D eigenvalue weighted by molar-refractivity contribution is 6.30. The van der Waals surface area contributed by atoms with Gasteiger partial charge in [0.15, 0.2) is 0 Å². The van der Waals surface area contributed by atoms with Gasteiger partial charge >= 0.3 is 0 Å². The van der Waals surface area contributed by atoms with Gasteiger partial charge in [0.05, 0.1) is 5.02 Å². The summed E-state index contributed by atoms with van der Waals surface area (Å²) in [5.41, 5.74) is 5.93. The fourth-order valence-corrected chi connectivity index (χ4v) is 1.77. The molecule has 2 aromatic carbocycles. The number of hydrogen-bond donors (Lipinski definition) is 1. The first-order valence-corrected chi connectivity index (χ1v) is 5.91. The Morgan fingerprint density at radius 1 is 1.21 bits per heavy atom. The van der Waals surface area contributed by atoms with Crippen LogP contribution in [0, 0.1) is 5.82 Å². The first kappa shape index (κ1) is 13.4. The Morgan fingerprint density at radius 2 is 1.89 bits per heavy atom. The van der Waals surface area contributed by atoms with Crippen molar-refractivity contribution >= 4 is 17.5 Å². The molecule has 0 saturated carbocycles. The Bertz CT molecular complexity index is 589. The molecule has 0 bridgehead atoms. The molecule has 1 amide bonds. The third-order valence-corrected chi connectivity index (χ3v) is 2.80. The van der Waals surface area contributed by atoms with E-state index in [1.165, 1.54) is 18.2 Å². The molecule has 5 heteroatoms. The van der Waals surface area contributed by atoms with Gasteiger partial charge in [-0.25, -0.2) is 4.39 Å². The van der Waals surface area contributed by atoms with Crippen LogP contribution >= 0.6 is 11.6 Å². The van der Waals surface area contributed by atoms with Gasteiger partial charge in [-0.2, -0.15) is 0 Å². The second-order valence-corrected chi connectivity index (χ2v) is 4.29. The number of carbonyl (C=O) groups is 1. The van der Waals surface area contributed by atoms with Crippen LogP contribution in [-0.4, -0.2) is 5.91 Å². The molecule has 2 N–H and O–H groups in total.